The summed E-state index contributed by atoms with van der Waals surface area (Å²) in [5.74, 6) is -0.682. The largest absolute Gasteiger partial charge is 0.459 e. The Kier molecular flexibility index (Phi) is 2.34. The van der Waals surface area contributed by atoms with Gasteiger partial charge in [-0.15, -0.1) is 0 Å². The zero-order valence-electron chi connectivity index (χ0n) is 7.82. The fraction of sp³-hybridized carbons (Fsp3) is 0.625. The van der Waals surface area contributed by atoms with E-state index in [-0.39, 0.29) is 11.9 Å². The second-order valence-corrected chi connectivity index (χ2v) is 3.05. The van der Waals surface area contributed by atoms with Gasteiger partial charge in [-0.1, -0.05) is 10.2 Å². The molecule has 76 valence electrons. The summed E-state index contributed by atoms with van der Waals surface area (Å²) in [7, 11) is 0. The van der Waals surface area contributed by atoms with Crippen molar-refractivity contribution in [2.24, 2.45) is 0 Å². The molecule has 6 heteroatoms. The van der Waals surface area contributed by atoms with Crippen LogP contribution < -0.4 is 5.32 Å². The number of hydrogen-bond donors (Lipinski definition) is 1. The molecule has 0 aliphatic heterocycles. The third kappa shape index (κ3) is 2.01. The number of rotatable bonds is 4. The number of nitrogens with one attached hydrogen (secondary N) is 1. The number of hydrogen-bond acceptors (Lipinski definition) is 6. The molecule has 0 spiro atoms. The lowest BCUT2D eigenvalue weighted by molar-refractivity contribution is 0.0481. The topological polar surface area (TPSA) is 77.2 Å². The van der Waals surface area contributed by atoms with E-state index in [1.807, 2.05) is 0 Å². The molecule has 6 nitrogen and oxygen atoms in total. The van der Waals surface area contributed by atoms with E-state index in [0.29, 0.717) is 12.6 Å². The molecule has 1 aliphatic carbocycles. The van der Waals surface area contributed by atoms with Crippen molar-refractivity contribution in [3.05, 3.63) is 5.89 Å². The van der Waals surface area contributed by atoms with Crippen LogP contribution in [0, 0.1) is 0 Å². The molecule has 1 fully saturated rings. The lowest BCUT2D eigenvalue weighted by Gasteiger charge is -1.95. The molecule has 1 aromatic heterocycles. The molecule has 0 bridgehead atoms. The monoisotopic (exact) mass is 197 g/mol. The highest BCUT2D eigenvalue weighted by Crippen LogP contribution is 2.23. The van der Waals surface area contributed by atoms with Gasteiger partial charge in [0.1, 0.15) is 0 Å². The van der Waals surface area contributed by atoms with Crippen molar-refractivity contribution in [2.45, 2.75) is 25.8 Å². The fourth-order valence-corrected chi connectivity index (χ4v) is 0.959. The number of carbonyl (C=O) groups excluding carboxylic acids is 1. The average Bonchev–Trinajstić information content (AvgIpc) is 2.82. The maximum absolute atomic E-state index is 11.1. The van der Waals surface area contributed by atoms with Crippen molar-refractivity contribution >= 4 is 12.0 Å². The van der Waals surface area contributed by atoms with Gasteiger partial charge in [-0.25, -0.2) is 4.79 Å². The lowest BCUT2D eigenvalue weighted by Crippen LogP contribution is -2.04. The molecule has 0 aromatic carbocycles. The van der Waals surface area contributed by atoms with Crippen molar-refractivity contribution in [1.82, 2.24) is 10.2 Å². The highest BCUT2D eigenvalue weighted by molar-refractivity contribution is 5.84. The zero-order chi connectivity index (χ0) is 9.97. The Morgan fingerprint density at radius 3 is 3.07 bits per heavy atom. The van der Waals surface area contributed by atoms with E-state index in [1.54, 1.807) is 6.92 Å². The Balaban J connectivity index is 1.97. The summed E-state index contributed by atoms with van der Waals surface area (Å²) >= 11 is 0. The first-order valence-electron chi connectivity index (χ1n) is 4.56. The molecule has 0 unspecified atom stereocenters. The number of anilines is 1. The van der Waals surface area contributed by atoms with Gasteiger partial charge in [0.05, 0.1) is 6.61 Å². The van der Waals surface area contributed by atoms with E-state index in [9.17, 15) is 4.79 Å². The van der Waals surface area contributed by atoms with Crippen molar-refractivity contribution in [1.29, 1.82) is 0 Å². The van der Waals surface area contributed by atoms with Gasteiger partial charge in [0.2, 0.25) is 0 Å². The van der Waals surface area contributed by atoms with Crippen LogP contribution in [0.1, 0.15) is 30.5 Å². The lowest BCUT2D eigenvalue weighted by atomic mass is 10.7. The number of nitrogens with zero attached hydrogens (tertiary/aromatic N) is 2. The van der Waals surface area contributed by atoms with Crippen LogP contribution in [-0.4, -0.2) is 28.8 Å². The maximum Gasteiger partial charge on any atom is 0.396 e. The Morgan fingerprint density at radius 1 is 1.64 bits per heavy atom. The van der Waals surface area contributed by atoms with Gasteiger partial charge in [0, 0.05) is 6.04 Å². The molecule has 1 heterocycles. The van der Waals surface area contributed by atoms with Crippen molar-refractivity contribution in [2.75, 3.05) is 11.9 Å². The minimum Gasteiger partial charge on any atom is -0.459 e. The number of carbonyl (C=O) groups is 1. The summed E-state index contributed by atoms with van der Waals surface area (Å²) in [5, 5.41) is 10.2. The first-order chi connectivity index (χ1) is 6.79. The summed E-state index contributed by atoms with van der Waals surface area (Å²) < 4.78 is 9.74. The molecular formula is C8H11N3O3. The first kappa shape index (κ1) is 8.98. The third-order valence-electron chi connectivity index (χ3n) is 1.78. The quantitative estimate of drug-likeness (QED) is 0.720. The van der Waals surface area contributed by atoms with Crippen molar-refractivity contribution in [3.63, 3.8) is 0 Å². The zero-order valence-corrected chi connectivity index (χ0v) is 7.82. The molecule has 1 aromatic rings. The average molecular weight is 197 g/mol. The molecule has 0 amide bonds. The Hall–Kier alpha value is -1.59. The van der Waals surface area contributed by atoms with Crippen LogP contribution in [0.4, 0.5) is 6.01 Å². The van der Waals surface area contributed by atoms with Gasteiger partial charge >= 0.3 is 17.9 Å². The van der Waals surface area contributed by atoms with Gasteiger partial charge in [-0.05, 0) is 19.8 Å². The molecule has 1 aliphatic rings. The Morgan fingerprint density at radius 2 is 2.43 bits per heavy atom. The fourth-order valence-electron chi connectivity index (χ4n) is 0.959. The van der Waals surface area contributed by atoms with Crippen molar-refractivity contribution in [3.8, 4) is 0 Å². The predicted octanol–water partition coefficient (Wildman–Crippen LogP) is 0.821. The molecule has 2 rings (SSSR count). The summed E-state index contributed by atoms with van der Waals surface area (Å²) in [5.41, 5.74) is 0. The number of ether oxygens (including phenoxy) is 1. The van der Waals surface area contributed by atoms with Gasteiger partial charge in [0.25, 0.3) is 0 Å². The van der Waals surface area contributed by atoms with Gasteiger partial charge in [0.15, 0.2) is 0 Å². The highest BCUT2D eigenvalue weighted by atomic mass is 16.5. The molecule has 0 saturated heterocycles. The SMILES string of the molecule is CCOC(=O)c1nnc(NC2CC2)o1. The highest BCUT2D eigenvalue weighted by Gasteiger charge is 2.24. The van der Waals surface area contributed by atoms with Gasteiger partial charge in [-0.3, -0.25) is 0 Å². The van der Waals surface area contributed by atoms with E-state index in [2.05, 4.69) is 15.5 Å². The van der Waals surface area contributed by atoms with Gasteiger partial charge in [-0.2, -0.15) is 0 Å². The Bertz CT molecular complexity index is 332. The summed E-state index contributed by atoms with van der Waals surface area (Å²) in [4.78, 5) is 11.1. The minimum absolute atomic E-state index is 0.102. The molecule has 0 atom stereocenters. The van der Waals surface area contributed by atoms with Gasteiger partial charge < -0.3 is 14.5 Å². The molecule has 14 heavy (non-hydrogen) atoms. The molecule has 1 saturated carbocycles. The predicted molar refractivity (Wildman–Crippen MR) is 46.9 cm³/mol. The second kappa shape index (κ2) is 3.65. The minimum atomic E-state index is -0.580. The summed E-state index contributed by atoms with van der Waals surface area (Å²) in [6, 6.07) is 0.709. The summed E-state index contributed by atoms with van der Waals surface area (Å²) in [6.07, 6.45) is 2.22. The van der Waals surface area contributed by atoms with Crippen LogP contribution in [0.25, 0.3) is 0 Å². The number of esters is 1. The molecule has 1 N–H and O–H groups in total. The third-order valence-corrected chi connectivity index (χ3v) is 1.78. The first-order valence-corrected chi connectivity index (χ1v) is 4.56. The van der Waals surface area contributed by atoms with Crippen LogP contribution in [0.2, 0.25) is 0 Å². The van der Waals surface area contributed by atoms with Crippen molar-refractivity contribution < 1.29 is 13.9 Å². The number of aromatic nitrogens is 2. The Labute approximate surface area is 80.6 Å². The van der Waals surface area contributed by atoms with E-state index >= 15 is 0 Å². The normalized spacial score (nSPS) is 15.2. The van der Waals surface area contributed by atoms with Crippen LogP contribution >= 0.6 is 0 Å². The van der Waals surface area contributed by atoms with Crippen LogP contribution in [0.5, 0.6) is 0 Å². The standard InChI is InChI=1S/C8H11N3O3/c1-2-13-7(12)6-10-11-8(14-6)9-5-3-4-5/h5H,2-4H2,1H3,(H,9,11). The van der Waals surface area contributed by atoms with E-state index < -0.39 is 5.97 Å². The van der Waals surface area contributed by atoms with E-state index in [1.165, 1.54) is 0 Å². The smallest absolute Gasteiger partial charge is 0.396 e. The van der Waals surface area contributed by atoms with Crippen LogP contribution in [0.15, 0.2) is 4.42 Å². The van der Waals surface area contributed by atoms with E-state index in [0.717, 1.165) is 12.8 Å². The maximum atomic E-state index is 11.1. The molecule has 0 radical (unpaired) electrons. The van der Waals surface area contributed by atoms with Crippen LogP contribution in [-0.2, 0) is 4.74 Å². The summed E-state index contributed by atoms with van der Waals surface area (Å²) in [6.45, 7) is 2.02. The van der Waals surface area contributed by atoms with E-state index in [4.69, 9.17) is 9.15 Å². The second-order valence-electron chi connectivity index (χ2n) is 3.05. The van der Waals surface area contributed by atoms with Crippen LogP contribution in [0.3, 0.4) is 0 Å². The molecular weight excluding hydrogens is 186 g/mol.